The number of carbonyl (C=O) groups is 2. The van der Waals surface area contributed by atoms with Crippen molar-refractivity contribution in [2.24, 2.45) is 0 Å². The Morgan fingerprint density at radius 1 is 1.55 bits per heavy atom. The maximum absolute atomic E-state index is 12.2. The molecule has 108 valence electrons. The van der Waals surface area contributed by atoms with Gasteiger partial charge in [0, 0.05) is 18.8 Å². The highest BCUT2D eigenvalue weighted by Gasteiger charge is 2.29. The molecule has 0 radical (unpaired) electrons. The highest BCUT2D eigenvalue weighted by Crippen LogP contribution is 2.13. The molecule has 1 aromatic rings. The van der Waals surface area contributed by atoms with Crippen molar-refractivity contribution in [2.45, 2.75) is 13.0 Å². The summed E-state index contributed by atoms with van der Waals surface area (Å²) in [6, 6.07) is 3.23. The van der Waals surface area contributed by atoms with Crippen LogP contribution in [0.5, 0.6) is 5.88 Å². The zero-order valence-electron chi connectivity index (χ0n) is 11.1. The van der Waals surface area contributed by atoms with Gasteiger partial charge in [-0.2, -0.15) is 0 Å². The minimum Gasteiger partial charge on any atom is -0.479 e. The maximum atomic E-state index is 12.2. The number of pyridine rings is 1. The first kappa shape index (κ1) is 14.3. The van der Waals surface area contributed by atoms with Gasteiger partial charge in [0.15, 0.2) is 6.10 Å². The molecule has 1 amide bonds. The number of rotatable bonds is 4. The summed E-state index contributed by atoms with van der Waals surface area (Å²) in [5.74, 6) is -0.864. The first-order chi connectivity index (χ1) is 9.61. The fourth-order valence-electron chi connectivity index (χ4n) is 1.91. The Kier molecular flexibility index (Phi) is 4.52. The Morgan fingerprint density at radius 3 is 2.95 bits per heavy atom. The lowest BCUT2D eigenvalue weighted by Crippen LogP contribution is -2.48. The second-order valence-electron chi connectivity index (χ2n) is 4.27. The van der Waals surface area contributed by atoms with Crippen LogP contribution in [0.1, 0.15) is 17.3 Å². The molecule has 1 atom stereocenters. The molecule has 1 aliphatic rings. The molecule has 0 aliphatic carbocycles. The van der Waals surface area contributed by atoms with Crippen LogP contribution in [-0.4, -0.2) is 59.3 Å². The molecule has 20 heavy (non-hydrogen) atoms. The highest BCUT2D eigenvalue weighted by molar-refractivity contribution is 5.94. The Morgan fingerprint density at radius 2 is 2.35 bits per heavy atom. The van der Waals surface area contributed by atoms with Gasteiger partial charge in [-0.05, 0) is 13.0 Å². The van der Waals surface area contributed by atoms with E-state index >= 15 is 0 Å². The second kappa shape index (κ2) is 6.33. The van der Waals surface area contributed by atoms with Crippen LogP contribution in [0.4, 0.5) is 0 Å². The molecule has 1 fully saturated rings. The molecule has 0 saturated carbocycles. The predicted molar refractivity (Wildman–Crippen MR) is 68.7 cm³/mol. The van der Waals surface area contributed by atoms with Crippen molar-refractivity contribution < 1.29 is 24.2 Å². The molecule has 7 nitrogen and oxygen atoms in total. The lowest BCUT2D eigenvalue weighted by molar-refractivity contribution is -0.154. The summed E-state index contributed by atoms with van der Waals surface area (Å²) in [4.78, 5) is 28.6. The molecule has 2 rings (SSSR count). The average molecular weight is 280 g/mol. The van der Waals surface area contributed by atoms with Crippen LogP contribution in [0.15, 0.2) is 18.3 Å². The van der Waals surface area contributed by atoms with Gasteiger partial charge in [-0.15, -0.1) is 0 Å². The number of carboxylic acid groups (broad SMARTS) is 1. The molecule has 0 spiro atoms. The predicted octanol–water partition coefficient (Wildman–Crippen LogP) is 0.406. The summed E-state index contributed by atoms with van der Waals surface area (Å²) in [5, 5.41) is 8.91. The number of hydrogen-bond donors (Lipinski definition) is 1. The molecule has 1 aromatic heterocycles. The molecule has 1 unspecified atom stereocenters. The van der Waals surface area contributed by atoms with Gasteiger partial charge in [-0.1, -0.05) is 0 Å². The van der Waals surface area contributed by atoms with E-state index in [0.29, 0.717) is 24.6 Å². The molecular weight excluding hydrogens is 264 g/mol. The van der Waals surface area contributed by atoms with E-state index < -0.39 is 12.1 Å². The fraction of sp³-hybridized carbons (Fsp3) is 0.462. The third-order valence-corrected chi connectivity index (χ3v) is 2.90. The van der Waals surface area contributed by atoms with Crippen LogP contribution in [0.2, 0.25) is 0 Å². The van der Waals surface area contributed by atoms with Crippen LogP contribution in [0, 0.1) is 0 Å². The normalized spacial score (nSPS) is 18.6. The number of nitrogens with zero attached hydrogens (tertiary/aromatic N) is 2. The van der Waals surface area contributed by atoms with Crippen LogP contribution >= 0.6 is 0 Å². The molecule has 0 aromatic carbocycles. The first-order valence-electron chi connectivity index (χ1n) is 6.34. The number of aliphatic carboxylic acids is 1. The van der Waals surface area contributed by atoms with E-state index in [-0.39, 0.29) is 19.1 Å². The average Bonchev–Trinajstić information content (AvgIpc) is 2.48. The van der Waals surface area contributed by atoms with Gasteiger partial charge in [0.25, 0.3) is 5.91 Å². The van der Waals surface area contributed by atoms with Crippen molar-refractivity contribution in [3.05, 3.63) is 23.9 Å². The molecule has 2 heterocycles. The smallest absolute Gasteiger partial charge is 0.334 e. The van der Waals surface area contributed by atoms with Crippen LogP contribution in [0.3, 0.4) is 0 Å². The summed E-state index contributed by atoms with van der Waals surface area (Å²) in [5.41, 5.74) is 0.402. The van der Waals surface area contributed by atoms with E-state index in [0.717, 1.165) is 0 Å². The van der Waals surface area contributed by atoms with E-state index in [1.165, 1.54) is 11.1 Å². The molecular formula is C13H16N2O5. The van der Waals surface area contributed by atoms with E-state index in [1.54, 1.807) is 12.1 Å². The number of aromatic nitrogens is 1. The van der Waals surface area contributed by atoms with E-state index in [9.17, 15) is 9.59 Å². The van der Waals surface area contributed by atoms with Crippen molar-refractivity contribution in [1.29, 1.82) is 0 Å². The number of morpholine rings is 1. The Bertz CT molecular complexity index is 488. The van der Waals surface area contributed by atoms with Crippen LogP contribution < -0.4 is 4.74 Å². The van der Waals surface area contributed by atoms with Crippen LogP contribution in [0.25, 0.3) is 0 Å². The van der Waals surface area contributed by atoms with E-state index in [1.807, 2.05) is 6.92 Å². The van der Waals surface area contributed by atoms with Crippen molar-refractivity contribution in [3.63, 3.8) is 0 Å². The van der Waals surface area contributed by atoms with Crippen LogP contribution in [-0.2, 0) is 9.53 Å². The third kappa shape index (κ3) is 3.24. The van der Waals surface area contributed by atoms with Gasteiger partial charge in [-0.25, -0.2) is 9.78 Å². The van der Waals surface area contributed by atoms with Gasteiger partial charge in [0.05, 0.1) is 25.3 Å². The maximum Gasteiger partial charge on any atom is 0.334 e. The van der Waals surface area contributed by atoms with Gasteiger partial charge < -0.3 is 19.5 Å². The largest absolute Gasteiger partial charge is 0.479 e. The number of carboxylic acids is 1. The molecule has 1 aliphatic heterocycles. The quantitative estimate of drug-likeness (QED) is 0.859. The van der Waals surface area contributed by atoms with Crippen molar-refractivity contribution in [2.75, 3.05) is 26.3 Å². The van der Waals surface area contributed by atoms with Gasteiger partial charge in [-0.3, -0.25) is 4.79 Å². The van der Waals surface area contributed by atoms with E-state index in [2.05, 4.69) is 4.98 Å². The molecule has 0 bridgehead atoms. The Labute approximate surface area is 116 Å². The molecule has 1 saturated heterocycles. The summed E-state index contributed by atoms with van der Waals surface area (Å²) >= 11 is 0. The number of carbonyl (C=O) groups excluding carboxylic acids is 1. The minimum absolute atomic E-state index is 0.0430. The SMILES string of the molecule is CCOc1ccc(C(=O)N2CCOC(C(=O)O)C2)cn1. The van der Waals surface area contributed by atoms with Crippen molar-refractivity contribution >= 4 is 11.9 Å². The topological polar surface area (TPSA) is 89.0 Å². The lowest BCUT2D eigenvalue weighted by atomic mass is 10.2. The highest BCUT2D eigenvalue weighted by atomic mass is 16.5. The van der Waals surface area contributed by atoms with Crippen molar-refractivity contribution in [1.82, 2.24) is 9.88 Å². The zero-order valence-corrected chi connectivity index (χ0v) is 11.1. The monoisotopic (exact) mass is 280 g/mol. The Hall–Kier alpha value is -2.15. The van der Waals surface area contributed by atoms with Crippen molar-refractivity contribution in [3.8, 4) is 5.88 Å². The number of hydrogen-bond acceptors (Lipinski definition) is 5. The minimum atomic E-state index is -1.06. The van der Waals surface area contributed by atoms with E-state index in [4.69, 9.17) is 14.6 Å². The summed E-state index contributed by atoms with van der Waals surface area (Å²) in [6.07, 6.45) is 0.460. The molecule has 1 N–H and O–H groups in total. The van der Waals surface area contributed by atoms with Gasteiger partial charge in [0.1, 0.15) is 0 Å². The lowest BCUT2D eigenvalue weighted by Gasteiger charge is -2.30. The summed E-state index contributed by atoms with van der Waals surface area (Å²) in [6.45, 7) is 2.98. The summed E-state index contributed by atoms with van der Waals surface area (Å²) < 4.78 is 10.3. The first-order valence-corrected chi connectivity index (χ1v) is 6.34. The summed E-state index contributed by atoms with van der Waals surface area (Å²) in [7, 11) is 0. The number of amides is 1. The Balaban J connectivity index is 2.04. The zero-order chi connectivity index (χ0) is 14.5. The second-order valence-corrected chi connectivity index (χ2v) is 4.27. The van der Waals surface area contributed by atoms with Gasteiger partial charge >= 0.3 is 5.97 Å². The van der Waals surface area contributed by atoms with Gasteiger partial charge in [0.2, 0.25) is 5.88 Å². The third-order valence-electron chi connectivity index (χ3n) is 2.90. The number of ether oxygens (including phenoxy) is 2. The fourth-order valence-corrected chi connectivity index (χ4v) is 1.91. The standard InChI is InChI=1S/C13H16N2O5/c1-2-19-11-4-3-9(7-14-11)12(16)15-5-6-20-10(8-15)13(17)18/h3-4,7,10H,2,5-6,8H2,1H3,(H,17,18). The molecule has 7 heteroatoms.